The Bertz CT molecular complexity index is 1130. The number of nitrogens with one attached hydrogen (secondary N) is 1. The molecule has 0 bridgehead atoms. The zero-order valence-electron chi connectivity index (χ0n) is 13.3. The van der Waals surface area contributed by atoms with Gasteiger partial charge in [0.2, 0.25) is 5.95 Å². The van der Waals surface area contributed by atoms with Gasteiger partial charge in [0.25, 0.3) is 5.69 Å². The molecule has 0 saturated carbocycles. The van der Waals surface area contributed by atoms with Gasteiger partial charge < -0.3 is 9.88 Å². The molecule has 0 radical (unpaired) electrons. The molecule has 4 rings (SSSR count). The van der Waals surface area contributed by atoms with Crippen molar-refractivity contribution in [3.63, 3.8) is 0 Å². The molecule has 0 spiro atoms. The molecule has 4 aromatic rings. The van der Waals surface area contributed by atoms with Crippen LogP contribution >= 0.6 is 15.9 Å². The van der Waals surface area contributed by atoms with E-state index in [1.54, 1.807) is 24.4 Å². The van der Waals surface area contributed by atoms with Gasteiger partial charge in [-0.15, -0.1) is 0 Å². The van der Waals surface area contributed by atoms with Crippen LogP contribution in [0.15, 0.2) is 71.5 Å². The van der Waals surface area contributed by atoms with E-state index in [4.69, 9.17) is 0 Å². The third-order valence-corrected chi connectivity index (χ3v) is 4.38. The molecule has 7 nitrogen and oxygen atoms in total. The molecule has 0 unspecified atom stereocenters. The third kappa shape index (κ3) is 3.02. The molecule has 2 heterocycles. The highest BCUT2D eigenvalue weighted by Gasteiger charge is 2.15. The number of hydrogen-bond donors (Lipinski definition) is 1. The Morgan fingerprint density at radius 3 is 2.81 bits per heavy atom. The minimum Gasteiger partial charge on any atom is -0.318 e. The highest BCUT2D eigenvalue weighted by atomic mass is 79.9. The van der Waals surface area contributed by atoms with Gasteiger partial charge in [-0.1, -0.05) is 34.1 Å². The Kier molecular flexibility index (Phi) is 4.10. The summed E-state index contributed by atoms with van der Waals surface area (Å²) in [7, 11) is 0. The van der Waals surface area contributed by atoms with Crippen LogP contribution < -0.4 is 5.32 Å². The van der Waals surface area contributed by atoms with Gasteiger partial charge in [0, 0.05) is 22.9 Å². The minimum absolute atomic E-state index is 0.0557. The average Bonchev–Trinajstić information content (AvgIpc) is 3.07. The minimum atomic E-state index is -0.448. The van der Waals surface area contributed by atoms with Crippen molar-refractivity contribution in [2.75, 3.05) is 5.32 Å². The van der Waals surface area contributed by atoms with Gasteiger partial charge in [-0.05, 0) is 35.7 Å². The normalized spacial score (nSPS) is 10.8. The number of rotatable bonds is 4. The van der Waals surface area contributed by atoms with Gasteiger partial charge in [0.1, 0.15) is 11.5 Å². The predicted octanol–water partition coefficient (Wildman–Crippen LogP) is 4.83. The van der Waals surface area contributed by atoms with E-state index in [1.807, 2.05) is 41.1 Å². The first-order valence-corrected chi connectivity index (χ1v) is 8.51. The van der Waals surface area contributed by atoms with Crippen LogP contribution in [0.4, 0.5) is 17.3 Å². The first kappa shape index (κ1) is 16.2. The Hall–Kier alpha value is -3.26. The van der Waals surface area contributed by atoms with Crippen LogP contribution in [0.3, 0.4) is 0 Å². The summed E-state index contributed by atoms with van der Waals surface area (Å²) < 4.78 is 2.57. The van der Waals surface area contributed by atoms with E-state index < -0.39 is 4.92 Å². The van der Waals surface area contributed by atoms with Crippen molar-refractivity contribution in [2.24, 2.45) is 0 Å². The first-order valence-electron chi connectivity index (χ1n) is 7.72. The maximum atomic E-state index is 11.3. The summed E-state index contributed by atoms with van der Waals surface area (Å²) in [6, 6.07) is 16.5. The molecule has 26 heavy (non-hydrogen) atoms. The predicted molar refractivity (Wildman–Crippen MR) is 103 cm³/mol. The van der Waals surface area contributed by atoms with Crippen molar-refractivity contribution in [3.05, 3.63) is 81.6 Å². The van der Waals surface area contributed by atoms with Crippen molar-refractivity contribution >= 4 is 44.2 Å². The smallest absolute Gasteiger partial charge is 0.293 e. The van der Waals surface area contributed by atoms with E-state index in [1.165, 1.54) is 6.07 Å². The molecule has 128 valence electrons. The molecular weight excluding hydrogens is 398 g/mol. The van der Waals surface area contributed by atoms with E-state index in [9.17, 15) is 10.1 Å². The van der Waals surface area contributed by atoms with Crippen LogP contribution in [0.5, 0.6) is 0 Å². The van der Waals surface area contributed by atoms with Gasteiger partial charge in [0.15, 0.2) is 0 Å². The second-order valence-corrected chi connectivity index (χ2v) is 6.44. The van der Waals surface area contributed by atoms with E-state index in [-0.39, 0.29) is 11.6 Å². The molecule has 0 aliphatic heterocycles. The Morgan fingerprint density at radius 1 is 1.12 bits per heavy atom. The standard InChI is InChI=1S/C18H12BrN5O2/c19-13-5-6-14(16(11-13)24(25)26)21-18-20-9-7-17(22-18)23-10-8-12-3-1-2-4-15(12)23/h1-11H,(H,20,21,22). The molecular formula is C18H12BrN5O2. The highest BCUT2D eigenvalue weighted by Crippen LogP contribution is 2.30. The van der Waals surface area contributed by atoms with Crippen LogP contribution in [0.25, 0.3) is 16.7 Å². The first-order chi connectivity index (χ1) is 12.6. The van der Waals surface area contributed by atoms with Crippen LogP contribution in [0, 0.1) is 10.1 Å². The van der Waals surface area contributed by atoms with Gasteiger partial charge >= 0.3 is 0 Å². The Labute approximate surface area is 156 Å². The molecule has 0 fully saturated rings. The van der Waals surface area contributed by atoms with Crippen LogP contribution in [0.1, 0.15) is 0 Å². The lowest BCUT2D eigenvalue weighted by molar-refractivity contribution is -0.384. The highest BCUT2D eigenvalue weighted by molar-refractivity contribution is 9.10. The number of para-hydroxylation sites is 1. The summed E-state index contributed by atoms with van der Waals surface area (Å²) in [4.78, 5) is 19.5. The number of hydrogen-bond acceptors (Lipinski definition) is 5. The van der Waals surface area contributed by atoms with Gasteiger partial charge in [-0.2, -0.15) is 4.98 Å². The zero-order valence-corrected chi connectivity index (χ0v) is 14.9. The largest absolute Gasteiger partial charge is 0.318 e. The summed E-state index contributed by atoms with van der Waals surface area (Å²) in [5.41, 5.74) is 1.29. The molecule has 2 aromatic heterocycles. The van der Waals surface area contributed by atoms with Crippen molar-refractivity contribution in [3.8, 4) is 5.82 Å². The molecule has 8 heteroatoms. The van der Waals surface area contributed by atoms with Gasteiger partial charge in [-0.3, -0.25) is 10.1 Å². The van der Waals surface area contributed by atoms with E-state index in [0.717, 1.165) is 10.9 Å². The number of nitro groups is 1. The van der Waals surface area contributed by atoms with Crippen molar-refractivity contribution in [1.29, 1.82) is 0 Å². The molecule has 0 saturated heterocycles. The third-order valence-electron chi connectivity index (χ3n) is 3.89. The van der Waals surface area contributed by atoms with Crippen LogP contribution in [-0.2, 0) is 0 Å². The quantitative estimate of drug-likeness (QED) is 0.385. The number of nitrogens with zero attached hydrogens (tertiary/aromatic N) is 4. The van der Waals surface area contributed by atoms with Crippen molar-refractivity contribution < 1.29 is 4.92 Å². The summed E-state index contributed by atoms with van der Waals surface area (Å²) in [5, 5.41) is 15.3. The number of nitro benzene ring substituents is 1. The fraction of sp³-hybridized carbons (Fsp3) is 0. The van der Waals surface area contributed by atoms with E-state index >= 15 is 0 Å². The fourth-order valence-electron chi connectivity index (χ4n) is 2.71. The molecule has 0 atom stereocenters. The van der Waals surface area contributed by atoms with Crippen molar-refractivity contribution in [1.82, 2.24) is 14.5 Å². The number of benzene rings is 2. The molecule has 0 amide bonds. The summed E-state index contributed by atoms with van der Waals surface area (Å²) in [5.74, 6) is 0.953. The van der Waals surface area contributed by atoms with Crippen LogP contribution in [-0.4, -0.2) is 19.5 Å². The lowest BCUT2D eigenvalue weighted by atomic mass is 10.2. The molecule has 2 aromatic carbocycles. The number of halogens is 1. The maximum absolute atomic E-state index is 11.3. The number of fused-ring (bicyclic) bond motifs is 1. The average molecular weight is 410 g/mol. The Balaban J connectivity index is 1.72. The maximum Gasteiger partial charge on any atom is 0.293 e. The fourth-order valence-corrected chi connectivity index (χ4v) is 3.06. The second kappa shape index (κ2) is 6.57. The summed E-state index contributed by atoms with van der Waals surface area (Å²) >= 11 is 3.24. The Morgan fingerprint density at radius 2 is 1.96 bits per heavy atom. The number of aromatic nitrogens is 3. The summed E-state index contributed by atoms with van der Waals surface area (Å²) in [6.07, 6.45) is 3.54. The lowest BCUT2D eigenvalue weighted by Gasteiger charge is -2.09. The van der Waals surface area contributed by atoms with Gasteiger partial charge in [-0.25, -0.2) is 4.98 Å². The lowest BCUT2D eigenvalue weighted by Crippen LogP contribution is -2.03. The molecule has 0 aliphatic carbocycles. The van der Waals surface area contributed by atoms with Crippen LogP contribution in [0.2, 0.25) is 0 Å². The monoisotopic (exact) mass is 409 g/mol. The van der Waals surface area contributed by atoms with Gasteiger partial charge in [0.05, 0.1) is 10.4 Å². The topological polar surface area (TPSA) is 85.9 Å². The number of anilines is 2. The molecule has 0 aliphatic rings. The van der Waals surface area contributed by atoms with E-state index in [2.05, 4.69) is 31.2 Å². The SMILES string of the molecule is O=[N+]([O-])c1cc(Br)ccc1Nc1nccc(-n2ccc3ccccc32)n1. The summed E-state index contributed by atoms with van der Waals surface area (Å²) in [6.45, 7) is 0. The van der Waals surface area contributed by atoms with Crippen molar-refractivity contribution in [2.45, 2.75) is 0 Å². The second-order valence-electron chi connectivity index (χ2n) is 5.53. The van der Waals surface area contributed by atoms with E-state index in [0.29, 0.717) is 16.0 Å². The zero-order chi connectivity index (χ0) is 18.1. The molecule has 1 N–H and O–H groups in total.